The quantitative estimate of drug-likeness (QED) is 0.103. The molecule has 2 aliphatic rings. The Hall–Kier alpha value is -3.66. The van der Waals surface area contributed by atoms with Crippen LogP contribution in [0.25, 0.3) is 0 Å². The van der Waals surface area contributed by atoms with E-state index in [0.717, 1.165) is 0 Å². The number of carboxylic acids is 4. The van der Waals surface area contributed by atoms with Crippen LogP contribution in [0.4, 0.5) is 0 Å². The molecule has 12 unspecified atom stereocenters. The maximum atomic E-state index is 10.6. The molecule has 0 aliphatic carbocycles. The molecule has 0 aromatic heterocycles. The van der Waals surface area contributed by atoms with E-state index in [2.05, 4.69) is 9.47 Å². The molecule has 12 atom stereocenters. The number of rotatable bonds is 9. The van der Waals surface area contributed by atoms with E-state index in [0.29, 0.717) is 0 Å². The van der Waals surface area contributed by atoms with Crippen LogP contribution in [0.5, 0.6) is 0 Å². The van der Waals surface area contributed by atoms with Crippen molar-refractivity contribution in [2.45, 2.75) is 80.7 Å². The van der Waals surface area contributed by atoms with Crippen molar-refractivity contribution in [3.05, 3.63) is 0 Å². The summed E-state index contributed by atoms with van der Waals surface area (Å²) in [7, 11) is 0. The monoisotopic (exact) mass is 646 g/mol. The molecule has 0 bridgehead atoms. The lowest BCUT2D eigenvalue weighted by atomic mass is 10.0. The number of carboxylic acid groups (broad SMARTS) is 4. The van der Waals surface area contributed by atoms with Gasteiger partial charge in [-0.25, -0.2) is 28.8 Å². The van der Waals surface area contributed by atoms with Gasteiger partial charge in [0.25, 0.3) is 0 Å². The summed E-state index contributed by atoms with van der Waals surface area (Å²) in [5, 5.41) is 122. The Kier molecular flexibility index (Phi) is 21.0. The summed E-state index contributed by atoms with van der Waals surface area (Å²) in [5.74, 6) is -9.23. The molecule has 24 heteroatoms. The van der Waals surface area contributed by atoms with Gasteiger partial charge in [0.2, 0.25) is 0 Å². The summed E-state index contributed by atoms with van der Waals surface area (Å²) in [4.78, 5) is 61.8. The van der Waals surface area contributed by atoms with Gasteiger partial charge in [0, 0.05) is 0 Å². The zero-order valence-corrected chi connectivity index (χ0v) is 20.5. The van der Waals surface area contributed by atoms with Crippen molar-refractivity contribution in [1.29, 1.82) is 0 Å². The SMILES string of the molecule is C.O.O.O=C(O)C(O)C(O)C(O)C(O)C(=O)O.O=C1OC(C(O)C(=O)O)C(O)C1O.O=C1OC(C(O)C(=O)O)C(O)C1O. The van der Waals surface area contributed by atoms with Crippen LogP contribution < -0.4 is 0 Å². The number of hydrogen-bond acceptors (Lipinski definition) is 18. The van der Waals surface area contributed by atoms with Crippen molar-refractivity contribution < 1.29 is 121 Å². The third-order valence-electron chi connectivity index (χ3n) is 4.94. The second kappa shape index (κ2) is 19.5. The maximum absolute atomic E-state index is 10.6. The molecular formula is C19H34O24. The van der Waals surface area contributed by atoms with Gasteiger partial charge < -0.3 is 91.9 Å². The minimum Gasteiger partial charge on any atom is -0.479 e. The lowest BCUT2D eigenvalue weighted by molar-refractivity contribution is -0.172. The summed E-state index contributed by atoms with van der Waals surface area (Å²) < 4.78 is 8.48. The molecule has 18 N–H and O–H groups in total. The highest BCUT2D eigenvalue weighted by atomic mass is 16.6. The first-order valence-corrected chi connectivity index (χ1v) is 10.3. The molecular weight excluding hydrogens is 612 g/mol. The summed E-state index contributed by atoms with van der Waals surface area (Å²) in [6.07, 6.45) is -23.6. The largest absolute Gasteiger partial charge is 0.479 e. The minimum atomic E-state index is -2.36. The van der Waals surface area contributed by atoms with Crippen molar-refractivity contribution in [3.63, 3.8) is 0 Å². The van der Waals surface area contributed by atoms with Crippen molar-refractivity contribution in [2.24, 2.45) is 0 Å². The minimum absolute atomic E-state index is 0. The number of cyclic esters (lactones) is 2. The fourth-order valence-electron chi connectivity index (χ4n) is 2.63. The van der Waals surface area contributed by atoms with Gasteiger partial charge in [0.05, 0.1) is 0 Å². The lowest BCUT2D eigenvalue weighted by Gasteiger charge is -2.21. The van der Waals surface area contributed by atoms with E-state index in [-0.39, 0.29) is 18.4 Å². The van der Waals surface area contributed by atoms with Gasteiger partial charge in [-0.15, -0.1) is 0 Å². The molecule has 0 aromatic carbocycles. The molecule has 2 saturated heterocycles. The Morgan fingerprint density at radius 1 is 0.535 bits per heavy atom. The normalized spacial score (nSPS) is 27.9. The van der Waals surface area contributed by atoms with Crippen LogP contribution >= 0.6 is 0 Å². The van der Waals surface area contributed by atoms with Crippen LogP contribution in [0.2, 0.25) is 0 Å². The van der Waals surface area contributed by atoms with E-state index in [9.17, 15) is 28.8 Å². The molecule has 0 aromatic rings. The molecule has 2 aliphatic heterocycles. The Labute approximate surface area is 238 Å². The van der Waals surface area contributed by atoms with E-state index >= 15 is 0 Å². The Bertz CT molecular complexity index is 864. The van der Waals surface area contributed by atoms with Gasteiger partial charge in [0.1, 0.15) is 24.4 Å². The van der Waals surface area contributed by atoms with Crippen LogP contribution in [-0.2, 0) is 38.2 Å². The Morgan fingerprint density at radius 3 is 0.907 bits per heavy atom. The summed E-state index contributed by atoms with van der Waals surface area (Å²) in [5.41, 5.74) is 0. The number of hydrogen-bond donors (Lipinski definition) is 14. The number of esters is 2. The van der Waals surface area contributed by atoms with Crippen molar-refractivity contribution in [1.82, 2.24) is 0 Å². The highest BCUT2D eigenvalue weighted by Crippen LogP contribution is 2.19. The average Bonchev–Trinajstić information content (AvgIpc) is 3.30. The summed E-state index contributed by atoms with van der Waals surface area (Å²) >= 11 is 0. The van der Waals surface area contributed by atoms with Crippen molar-refractivity contribution in [2.75, 3.05) is 0 Å². The van der Waals surface area contributed by atoms with Gasteiger partial charge in [-0.2, -0.15) is 0 Å². The second-order valence-electron chi connectivity index (χ2n) is 7.79. The predicted molar refractivity (Wildman–Crippen MR) is 124 cm³/mol. The smallest absolute Gasteiger partial charge is 0.338 e. The Balaban J connectivity index is -0.000000256. The first-order valence-electron chi connectivity index (χ1n) is 10.3. The van der Waals surface area contributed by atoms with Gasteiger partial charge in [-0.3, -0.25) is 0 Å². The van der Waals surface area contributed by atoms with Crippen LogP contribution in [0.1, 0.15) is 7.43 Å². The van der Waals surface area contributed by atoms with Crippen molar-refractivity contribution >= 4 is 35.8 Å². The van der Waals surface area contributed by atoms with Crippen LogP contribution in [0.3, 0.4) is 0 Å². The molecule has 0 radical (unpaired) electrons. The predicted octanol–water partition coefficient (Wildman–Crippen LogP) is -10.3. The average molecular weight is 646 g/mol. The van der Waals surface area contributed by atoms with Crippen LogP contribution in [0, 0.1) is 0 Å². The molecule has 2 heterocycles. The van der Waals surface area contributed by atoms with E-state index in [1.54, 1.807) is 0 Å². The number of aliphatic hydroxyl groups is 10. The molecule has 254 valence electrons. The topological polar surface area (TPSA) is 467 Å². The summed E-state index contributed by atoms with van der Waals surface area (Å²) in [6, 6.07) is 0. The molecule has 2 fully saturated rings. The second-order valence-corrected chi connectivity index (χ2v) is 7.79. The highest BCUT2D eigenvalue weighted by Gasteiger charge is 2.49. The first kappa shape index (κ1) is 46.3. The van der Waals surface area contributed by atoms with Crippen LogP contribution in [0.15, 0.2) is 0 Å². The lowest BCUT2D eigenvalue weighted by Crippen LogP contribution is -2.49. The molecule has 43 heavy (non-hydrogen) atoms. The molecule has 2 rings (SSSR count). The Morgan fingerprint density at radius 2 is 0.767 bits per heavy atom. The van der Waals surface area contributed by atoms with E-state index in [1.165, 1.54) is 0 Å². The number of aliphatic hydroxyl groups excluding tert-OH is 10. The highest BCUT2D eigenvalue weighted by molar-refractivity contribution is 5.81. The number of carbonyl (C=O) groups excluding carboxylic acids is 2. The van der Waals surface area contributed by atoms with Gasteiger partial charge in [-0.1, -0.05) is 7.43 Å². The first-order chi connectivity index (χ1) is 18.2. The number of aliphatic carboxylic acids is 4. The van der Waals surface area contributed by atoms with E-state index in [4.69, 9.17) is 71.5 Å². The molecule has 0 amide bonds. The van der Waals surface area contributed by atoms with Gasteiger partial charge >= 0.3 is 35.8 Å². The zero-order chi connectivity index (χ0) is 31.8. The molecule has 0 spiro atoms. The zero-order valence-electron chi connectivity index (χ0n) is 20.5. The van der Waals surface area contributed by atoms with E-state index in [1.807, 2.05) is 0 Å². The molecule has 0 saturated carbocycles. The molecule has 24 nitrogen and oxygen atoms in total. The fraction of sp³-hybridized carbons (Fsp3) is 0.684. The van der Waals surface area contributed by atoms with Gasteiger partial charge in [-0.05, 0) is 0 Å². The maximum Gasteiger partial charge on any atom is 0.338 e. The number of carbonyl (C=O) groups is 6. The summed E-state index contributed by atoms with van der Waals surface area (Å²) in [6.45, 7) is 0. The number of ether oxygens (including phenoxy) is 2. The van der Waals surface area contributed by atoms with Crippen LogP contribution in [-0.4, -0.2) is 192 Å². The third kappa shape index (κ3) is 12.2. The van der Waals surface area contributed by atoms with E-state index < -0.39 is 109 Å². The van der Waals surface area contributed by atoms with Crippen molar-refractivity contribution in [3.8, 4) is 0 Å². The fourth-order valence-corrected chi connectivity index (χ4v) is 2.63. The standard InChI is InChI=1S/C6H10O8.2C6H8O7.CH4.2H2O/c7-1(3(9)5(11)12)2(8)4(10)6(13)14;2*7-1-2(8)6(12)13-4(1)3(9)5(10)11;;;/h1-4,7-10H,(H,11,12)(H,13,14);2*1-4,7-9H,(H,10,11);1H4;2*1H2. The third-order valence-corrected chi connectivity index (χ3v) is 4.94. The van der Waals surface area contributed by atoms with Gasteiger partial charge in [0.15, 0.2) is 48.8 Å².